The molecule has 3 rings (SSSR count). The number of nitrogens with two attached hydrogens (primary N) is 1. The van der Waals surface area contributed by atoms with Crippen LogP contribution in [0.15, 0.2) is 12.1 Å². The van der Waals surface area contributed by atoms with Gasteiger partial charge >= 0.3 is 0 Å². The summed E-state index contributed by atoms with van der Waals surface area (Å²) >= 11 is 12.3. The van der Waals surface area contributed by atoms with Crippen molar-refractivity contribution in [1.82, 2.24) is 20.2 Å². The van der Waals surface area contributed by atoms with Gasteiger partial charge in [0.05, 0.1) is 36.4 Å². The summed E-state index contributed by atoms with van der Waals surface area (Å²) in [4.78, 5) is 0. The molecule has 1 unspecified atom stereocenters. The summed E-state index contributed by atoms with van der Waals surface area (Å²) < 4.78 is 12.6. The van der Waals surface area contributed by atoms with Crippen molar-refractivity contribution in [2.24, 2.45) is 0 Å². The van der Waals surface area contributed by atoms with Crippen molar-refractivity contribution in [3.05, 3.63) is 22.2 Å². The molecule has 0 bridgehead atoms. The molecule has 9 heteroatoms. The first-order valence-electron chi connectivity index (χ1n) is 6.35. The van der Waals surface area contributed by atoms with E-state index in [0.717, 1.165) is 0 Å². The summed E-state index contributed by atoms with van der Waals surface area (Å²) in [6.07, 6.45) is -0.101. The Bertz CT molecular complexity index is 643. The van der Waals surface area contributed by atoms with E-state index in [1.807, 2.05) is 0 Å². The van der Waals surface area contributed by atoms with Crippen molar-refractivity contribution in [3.8, 4) is 11.4 Å². The Kier molecular flexibility index (Phi) is 4.25. The number of aromatic nitrogens is 4. The summed E-state index contributed by atoms with van der Waals surface area (Å²) in [6.45, 7) is 2.14. The van der Waals surface area contributed by atoms with Gasteiger partial charge in [-0.25, -0.2) is 4.68 Å². The third kappa shape index (κ3) is 3.11. The zero-order valence-electron chi connectivity index (χ0n) is 11.0. The number of hydrogen-bond donors (Lipinski definition) is 1. The van der Waals surface area contributed by atoms with E-state index < -0.39 is 0 Å². The van der Waals surface area contributed by atoms with Crippen LogP contribution < -0.4 is 5.73 Å². The van der Waals surface area contributed by atoms with Crippen LogP contribution in [0.2, 0.25) is 10.0 Å². The molecular weight excluding hydrogens is 317 g/mol. The van der Waals surface area contributed by atoms with Gasteiger partial charge in [-0.1, -0.05) is 23.2 Å². The third-order valence-electron chi connectivity index (χ3n) is 3.08. The molecule has 1 atom stereocenters. The molecular formula is C12H13Cl2N5O2. The average Bonchev–Trinajstić information content (AvgIpc) is 2.92. The highest BCUT2D eigenvalue weighted by Crippen LogP contribution is 2.34. The number of rotatable bonds is 3. The molecule has 1 aliphatic rings. The zero-order chi connectivity index (χ0) is 14.8. The number of hydrogen-bond acceptors (Lipinski definition) is 6. The van der Waals surface area contributed by atoms with Gasteiger partial charge in [-0.15, -0.1) is 5.10 Å². The van der Waals surface area contributed by atoms with Crippen LogP contribution in [0.1, 0.15) is 0 Å². The van der Waals surface area contributed by atoms with Gasteiger partial charge in [0.2, 0.25) is 0 Å². The second-order valence-electron chi connectivity index (χ2n) is 4.62. The summed E-state index contributed by atoms with van der Waals surface area (Å²) in [7, 11) is 0. The van der Waals surface area contributed by atoms with Gasteiger partial charge in [0, 0.05) is 11.3 Å². The Morgan fingerprint density at radius 3 is 2.95 bits per heavy atom. The molecule has 2 heterocycles. The van der Waals surface area contributed by atoms with Crippen LogP contribution in [-0.2, 0) is 16.0 Å². The predicted octanol–water partition coefficient (Wildman–Crippen LogP) is 1.64. The van der Waals surface area contributed by atoms with E-state index in [4.69, 9.17) is 38.4 Å². The van der Waals surface area contributed by atoms with Crippen LogP contribution in [0.25, 0.3) is 11.4 Å². The maximum Gasteiger partial charge on any atom is 0.183 e. The first-order valence-corrected chi connectivity index (χ1v) is 7.11. The molecule has 1 saturated heterocycles. The Morgan fingerprint density at radius 1 is 1.33 bits per heavy atom. The molecule has 1 fully saturated rings. The second kappa shape index (κ2) is 6.15. The SMILES string of the molecule is Nc1cc(Cl)c(Cl)c(-c2nnnn2CC2COCCO2)c1. The van der Waals surface area contributed by atoms with E-state index in [9.17, 15) is 0 Å². The summed E-state index contributed by atoms with van der Waals surface area (Å²) in [5, 5.41) is 12.4. The minimum Gasteiger partial charge on any atom is -0.399 e. The van der Waals surface area contributed by atoms with Gasteiger partial charge in [0.25, 0.3) is 0 Å². The molecule has 7 nitrogen and oxygen atoms in total. The second-order valence-corrected chi connectivity index (χ2v) is 5.40. The van der Waals surface area contributed by atoms with Crippen molar-refractivity contribution >= 4 is 28.9 Å². The zero-order valence-corrected chi connectivity index (χ0v) is 12.5. The molecule has 0 saturated carbocycles. The summed E-state index contributed by atoms with van der Waals surface area (Å²) in [5.41, 5.74) is 6.88. The molecule has 0 aliphatic carbocycles. The number of benzene rings is 1. The van der Waals surface area contributed by atoms with Gasteiger partial charge in [0.15, 0.2) is 5.82 Å². The first kappa shape index (κ1) is 14.5. The fourth-order valence-electron chi connectivity index (χ4n) is 2.13. The quantitative estimate of drug-likeness (QED) is 0.861. The van der Waals surface area contributed by atoms with E-state index >= 15 is 0 Å². The number of nitrogens with zero attached hydrogens (tertiary/aromatic N) is 4. The molecule has 1 aliphatic heterocycles. The molecule has 1 aromatic heterocycles. The maximum absolute atomic E-state index is 6.22. The highest BCUT2D eigenvalue weighted by atomic mass is 35.5. The topological polar surface area (TPSA) is 88.1 Å². The summed E-state index contributed by atoms with van der Waals surface area (Å²) in [5.74, 6) is 0.489. The smallest absolute Gasteiger partial charge is 0.183 e. The number of anilines is 1. The fourth-order valence-corrected chi connectivity index (χ4v) is 2.55. The van der Waals surface area contributed by atoms with Gasteiger partial charge in [0.1, 0.15) is 6.10 Å². The van der Waals surface area contributed by atoms with Crippen molar-refractivity contribution in [1.29, 1.82) is 0 Å². The van der Waals surface area contributed by atoms with Crippen molar-refractivity contribution in [3.63, 3.8) is 0 Å². The molecule has 2 aromatic rings. The molecule has 1 aromatic carbocycles. The highest BCUT2D eigenvalue weighted by Gasteiger charge is 2.20. The van der Waals surface area contributed by atoms with Crippen LogP contribution in [-0.4, -0.2) is 46.1 Å². The average molecular weight is 330 g/mol. The number of tetrazole rings is 1. The third-order valence-corrected chi connectivity index (χ3v) is 3.89. The van der Waals surface area contributed by atoms with Crippen LogP contribution in [0.3, 0.4) is 0 Å². The Balaban J connectivity index is 1.91. The van der Waals surface area contributed by atoms with Gasteiger partial charge in [-0.3, -0.25) is 0 Å². The number of halogens is 2. The molecule has 2 N–H and O–H groups in total. The fraction of sp³-hybridized carbons (Fsp3) is 0.417. The van der Waals surface area contributed by atoms with Crippen LogP contribution in [0, 0.1) is 0 Å². The Morgan fingerprint density at radius 2 is 2.19 bits per heavy atom. The predicted molar refractivity (Wildman–Crippen MR) is 78.2 cm³/mol. The Hall–Kier alpha value is -1.41. The first-order chi connectivity index (χ1) is 10.1. The minimum absolute atomic E-state index is 0.101. The van der Waals surface area contributed by atoms with E-state index in [2.05, 4.69) is 15.5 Å². The van der Waals surface area contributed by atoms with E-state index in [0.29, 0.717) is 53.5 Å². The molecule has 112 valence electrons. The summed E-state index contributed by atoms with van der Waals surface area (Å²) in [6, 6.07) is 3.27. The number of ether oxygens (including phenoxy) is 2. The molecule has 21 heavy (non-hydrogen) atoms. The van der Waals surface area contributed by atoms with E-state index in [-0.39, 0.29) is 6.10 Å². The van der Waals surface area contributed by atoms with Crippen molar-refractivity contribution in [2.45, 2.75) is 12.6 Å². The van der Waals surface area contributed by atoms with Gasteiger partial charge in [-0.05, 0) is 22.6 Å². The van der Waals surface area contributed by atoms with Gasteiger partial charge in [-0.2, -0.15) is 0 Å². The van der Waals surface area contributed by atoms with Crippen molar-refractivity contribution in [2.75, 3.05) is 25.6 Å². The van der Waals surface area contributed by atoms with E-state index in [1.54, 1.807) is 16.8 Å². The lowest BCUT2D eigenvalue weighted by atomic mass is 10.2. The maximum atomic E-state index is 6.22. The van der Waals surface area contributed by atoms with Crippen LogP contribution in [0.4, 0.5) is 5.69 Å². The lowest BCUT2D eigenvalue weighted by Gasteiger charge is -2.22. The minimum atomic E-state index is -0.101. The molecule has 0 spiro atoms. The standard InChI is InChI=1S/C12H13Cl2N5O2/c13-10-4-7(15)3-9(11(10)14)12-16-17-18-19(12)5-8-6-20-1-2-21-8/h3-4,8H,1-2,5-6,15H2. The van der Waals surface area contributed by atoms with Crippen molar-refractivity contribution < 1.29 is 9.47 Å². The lowest BCUT2D eigenvalue weighted by molar-refractivity contribution is -0.0946. The van der Waals surface area contributed by atoms with E-state index in [1.165, 1.54) is 0 Å². The molecule has 0 radical (unpaired) electrons. The molecule has 0 amide bonds. The lowest BCUT2D eigenvalue weighted by Crippen LogP contribution is -2.32. The Labute approximate surface area is 130 Å². The van der Waals surface area contributed by atoms with Crippen LogP contribution >= 0.6 is 23.2 Å². The normalized spacial score (nSPS) is 18.9. The van der Waals surface area contributed by atoms with Crippen LogP contribution in [0.5, 0.6) is 0 Å². The largest absolute Gasteiger partial charge is 0.399 e. The van der Waals surface area contributed by atoms with Gasteiger partial charge < -0.3 is 15.2 Å². The monoisotopic (exact) mass is 329 g/mol. The highest BCUT2D eigenvalue weighted by molar-refractivity contribution is 6.43. The number of nitrogen functional groups attached to an aromatic ring is 1.